The molecule has 5 heteroatoms. The van der Waals surface area contributed by atoms with Crippen molar-refractivity contribution < 1.29 is 13.6 Å². The van der Waals surface area contributed by atoms with Gasteiger partial charge in [-0.15, -0.1) is 0 Å². The van der Waals surface area contributed by atoms with Gasteiger partial charge in [-0.05, 0) is 72.7 Å². The zero-order valence-corrected chi connectivity index (χ0v) is 18.1. The Bertz CT molecular complexity index is 1270. The smallest absolute Gasteiger partial charge is 0.223 e. The highest BCUT2D eigenvalue weighted by Gasteiger charge is 2.33. The number of nitrogens with zero attached hydrogens (tertiary/aromatic N) is 2. The first-order chi connectivity index (χ1) is 15.6. The maximum absolute atomic E-state index is 13.6. The lowest BCUT2D eigenvalue weighted by Gasteiger charge is -2.22. The molecule has 0 spiro atoms. The molecule has 1 aliphatic heterocycles. The van der Waals surface area contributed by atoms with Crippen LogP contribution in [0.5, 0.6) is 0 Å². The second-order valence-corrected chi connectivity index (χ2v) is 8.43. The number of halogens is 1. The van der Waals surface area contributed by atoms with Gasteiger partial charge >= 0.3 is 0 Å². The molecule has 4 nitrogen and oxygen atoms in total. The van der Waals surface area contributed by atoms with E-state index in [1.54, 1.807) is 13.0 Å². The Morgan fingerprint density at radius 3 is 2.69 bits per heavy atom. The van der Waals surface area contributed by atoms with E-state index in [-0.39, 0.29) is 17.8 Å². The highest BCUT2D eigenvalue weighted by molar-refractivity contribution is 5.81. The lowest BCUT2D eigenvalue weighted by Crippen LogP contribution is -2.30. The van der Waals surface area contributed by atoms with Crippen LogP contribution in [0.15, 0.2) is 71.1 Å². The maximum atomic E-state index is 13.6. The van der Waals surface area contributed by atoms with Crippen LogP contribution in [0.25, 0.3) is 22.2 Å². The lowest BCUT2D eigenvalue weighted by molar-refractivity contribution is -0.132. The first kappa shape index (κ1) is 20.4. The molecule has 1 aliphatic rings. The van der Waals surface area contributed by atoms with Crippen molar-refractivity contribution in [3.8, 4) is 11.1 Å². The second-order valence-electron chi connectivity index (χ2n) is 8.43. The van der Waals surface area contributed by atoms with Crippen molar-refractivity contribution in [2.45, 2.75) is 38.6 Å². The van der Waals surface area contributed by atoms with E-state index in [0.717, 1.165) is 42.5 Å². The van der Waals surface area contributed by atoms with E-state index in [9.17, 15) is 9.18 Å². The van der Waals surface area contributed by atoms with Crippen molar-refractivity contribution in [2.75, 3.05) is 6.54 Å². The number of oxazole rings is 1. The molecular formula is C27H25FN2O2. The Balaban J connectivity index is 1.36. The van der Waals surface area contributed by atoms with E-state index in [1.807, 2.05) is 47.4 Å². The van der Waals surface area contributed by atoms with Crippen molar-refractivity contribution in [2.24, 2.45) is 0 Å². The number of aromatic nitrogens is 1. The number of amides is 1. The molecule has 1 amide bonds. The number of rotatable bonds is 5. The van der Waals surface area contributed by atoms with E-state index in [4.69, 9.17) is 9.40 Å². The largest absolute Gasteiger partial charge is 0.438 e. The van der Waals surface area contributed by atoms with Gasteiger partial charge in [-0.2, -0.15) is 0 Å². The molecule has 0 saturated carbocycles. The van der Waals surface area contributed by atoms with Gasteiger partial charge in [0.05, 0.1) is 0 Å². The fourth-order valence-electron chi connectivity index (χ4n) is 4.45. The number of likely N-dealkylation sites (tertiary alicyclic amines) is 1. The number of hydrogen-bond donors (Lipinski definition) is 0. The van der Waals surface area contributed by atoms with Crippen molar-refractivity contribution >= 4 is 17.0 Å². The summed E-state index contributed by atoms with van der Waals surface area (Å²) in [4.78, 5) is 19.6. The molecule has 2 heterocycles. The summed E-state index contributed by atoms with van der Waals surface area (Å²) < 4.78 is 19.7. The van der Waals surface area contributed by atoms with Crippen LogP contribution >= 0.6 is 0 Å². The molecule has 32 heavy (non-hydrogen) atoms. The zero-order chi connectivity index (χ0) is 22.1. The molecule has 1 aromatic heterocycles. The molecule has 1 fully saturated rings. The van der Waals surface area contributed by atoms with E-state index in [1.165, 1.54) is 11.6 Å². The summed E-state index contributed by atoms with van der Waals surface area (Å²) in [7, 11) is 0. The van der Waals surface area contributed by atoms with E-state index in [0.29, 0.717) is 23.5 Å². The van der Waals surface area contributed by atoms with Gasteiger partial charge in [0.2, 0.25) is 11.8 Å². The van der Waals surface area contributed by atoms with Crippen LogP contribution in [0.2, 0.25) is 0 Å². The van der Waals surface area contributed by atoms with Crippen molar-refractivity contribution in [1.82, 2.24) is 9.88 Å². The van der Waals surface area contributed by atoms with Crippen LogP contribution in [-0.4, -0.2) is 22.3 Å². The molecule has 0 bridgehead atoms. The number of aryl methyl sites for hydroxylation is 2. The number of benzene rings is 3. The summed E-state index contributed by atoms with van der Waals surface area (Å²) in [6, 6.07) is 20.9. The van der Waals surface area contributed by atoms with Gasteiger partial charge in [0.1, 0.15) is 17.4 Å². The Labute approximate surface area is 186 Å². The third kappa shape index (κ3) is 4.03. The summed E-state index contributed by atoms with van der Waals surface area (Å²) in [6.45, 7) is 2.49. The molecule has 3 aromatic carbocycles. The minimum atomic E-state index is -0.211. The van der Waals surface area contributed by atoms with E-state index < -0.39 is 0 Å². The highest BCUT2D eigenvalue weighted by atomic mass is 19.1. The van der Waals surface area contributed by atoms with Crippen molar-refractivity contribution in [3.05, 3.63) is 89.6 Å². The monoisotopic (exact) mass is 428 g/mol. The summed E-state index contributed by atoms with van der Waals surface area (Å²) in [5.74, 6) is 0.524. The number of carbonyl (C=O) groups excluding carboxylic acids is 1. The van der Waals surface area contributed by atoms with Crippen LogP contribution in [0.3, 0.4) is 0 Å². The fourth-order valence-corrected chi connectivity index (χ4v) is 4.45. The summed E-state index contributed by atoms with van der Waals surface area (Å²) in [5.41, 5.74) is 5.13. The fraction of sp³-hybridized carbons (Fsp3) is 0.259. The van der Waals surface area contributed by atoms with E-state index >= 15 is 0 Å². The molecule has 0 N–H and O–H groups in total. The molecule has 1 saturated heterocycles. The van der Waals surface area contributed by atoms with Crippen LogP contribution in [0, 0.1) is 12.7 Å². The lowest BCUT2D eigenvalue weighted by atomic mass is 10.0. The van der Waals surface area contributed by atoms with Crippen LogP contribution in [0.1, 0.15) is 42.3 Å². The van der Waals surface area contributed by atoms with Gasteiger partial charge < -0.3 is 9.32 Å². The number of hydrogen-bond acceptors (Lipinski definition) is 3. The first-order valence-electron chi connectivity index (χ1n) is 11.1. The first-order valence-corrected chi connectivity index (χ1v) is 11.1. The third-order valence-electron chi connectivity index (χ3n) is 6.22. The standard InChI is InChI=1S/C27H25FN2O2/c1-18-16-20(10-12-22(18)28)21-11-13-25-23(17-21)29-27(32-25)24-8-5-15-30(24)26(31)14-9-19-6-3-2-4-7-19/h2-4,6-7,10-13,16-17,24H,5,8-9,14-15H2,1H3. The quantitative estimate of drug-likeness (QED) is 0.378. The Hall–Kier alpha value is -3.47. The van der Waals surface area contributed by atoms with Gasteiger partial charge in [-0.25, -0.2) is 9.37 Å². The van der Waals surface area contributed by atoms with Crippen molar-refractivity contribution in [3.63, 3.8) is 0 Å². The van der Waals surface area contributed by atoms with Gasteiger partial charge in [0.15, 0.2) is 5.58 Å². The maximum Gasteiger partial charge on any atom is 0.223 e. The molecule has 1 unspecified atom stereocenters. The third-order valence-corrected chi connectivity index (χ3v) is 6.22. The normalized spacial score (nSPS) is 16.1. The minimum Gasteiger partial charge on any atom is -0.438 e. The van der Waals surface area contributed by atoms with Crippen molar-refractivity contribution in [1.29, 1.82) is 0 Å². The molecule has 4 aromatic rings. The molecular weight excluding hydrogens is 403 g/mol. The average molecular weight is 429 g/mol. The van der Waals surface area contributed by atoms with Gasteiger partial charge in [-0.1, -0.05) is 42.5 Å². The molecule has 5 rings (SSSR count). The number of fused-ring (bicyclic) bond motifs is 1. The average Bonchev–Trinajstić information content (AvgIpc) is 3.46. The predicted octanol–water partition coefficient (Wildman–Crippen LogP) is 6.24. The van der Waals surface area contributed by atoms with Gasteiger partial charge in [0.25, 0.3) is 0 Å². The summed E-state index contributed by atoms with van der Waals surface area (Å²) in [5, 5.41) is 0. The Morgan fingerprint density at radius 2 is 1.88 bits per heavy atom. The SMILES string of the molecule is Cc1cc(-c2ccc3oc(C4CCCN4C(=O)CCc4ccccc4)nc3c2)ccc1F. The van der Waals surface area contributed by atoms with Gasteiger partial charge in [0, 0.05) is 13.0 Å². The predicted molar refractivity (Wildman–Crippen MR) is 123 cm³/mol. The Kier molecular flexibility index (Phi) is 5.48. The van der Waals surface area contributed by atoms with Gasteiger partial charge in [-0.3, -0.25) is 4.79 Å². The molecule has 0 radical (unpaired) electrons. The summed E-state index contributed by atoms with van der Waals surface area (Å²) >= 11 is 0. The summed E-state index contributed by atoms with van der Waals surface area (Å²) in [6.07, 6.45) is 3.01. The minimum absolute atomic E-state index is 0.123. The van der Waals surface area contributed by atoms with Crippen LogP contribution in [0.4, 0.5) is 4.39 Å². The molecule has 162 valence electrons. The molecule has 0 aliphatic carbocycles. The topological polar surface area (TPSA) is 46.3 Å². The zero-order valence-electron chi connectivity index (χ0n) is 18.1. The Morgan fingerprint density at radius 1 is 1.09 bits per heavy atom. The highest BCUT2D eigenvalue weighted by Crippen LogP contribution is 2.35. The number of carbonyl (C=O) groups is 1. The molecule has 1 atom stereocenters. The second kappa shape index (κ2) is 8.58. The van der Waals surface area contributed by atoms with E-state index in [2.05, 4.69) is 12.1 Å². The van der Waals surface area contributed by atoms with Crippen LogP contribution in [-0.2, 0) is 11.2 Å². The van der Waals surface area contributed by atoms with Crippen LogP contribution < -0.4 is 0 Å².